The Morgan fingerprint density at radius 2 is 1.73 bits per heavy atom. The first-order valence-electron chi connectivity index (χ1n) is 9.64. The van der Waals surface area contributed by atoms with E-state index in [2.05, 4.69) is 16.0 Å². The maximum atomic E-state index is 12.6. The van der Waals surface area contributed by atoms with Crippen LogP contribution in [0, 0.1) is 0 Å². The van der Waals surface area contributed by atoms with Crippen LogP contribution in [0.3, 0.4) is 0 Å². The summed E-state index contributed by atoms with van der Waals surface area (Å²) in [5, 5.41) is 10.5. The van der Waals surface area contributed by atoms with Gasteiger partial charge >= 0.3 is 6.03 Å². The average Bonchev–Trinajstić information content (AvgIpc) is 2.74. The van der Waals surface area contributed by atoms with Crippen molar-refractivity contribution in [1.29, 1.82) is 0 Å². The number of carbonyl (C=O) groups is 2. The molecule has 0 saturated carbocycles. The number of amides is 3. The zero-order valence-corrected chi connectivity index (χ0v) is 17.4. The highest BCUT2D eigenvalue weighted by atomic mass is 16.5. The molecule has 7 nitrogen and oxygen atoms in total. The number of nitrogens with one attached hydrogen (secondary N) is 3. The second-order valence-electron chi connectivity index (χ2n) is 6.98. The van der Waals surface area contributed by atoms with Crippen LogP contribution in [0.5, 0.6) is 0 Å². The fourth-order valence-electron chi connectivity index (χ4n) is 3.17. The second kappa shape index (κ2) is 9.76. The number of hydrogen-bond donors (Lipinski definition) is 3. The Hall–Kier alpha value is -3.58. The Balaban J connectivity index is 1.77. The lowest BCUT2D eigenvalue weighted by atomic mass is 10.1. The lowest BCUT2D eigenvalue weighted by Gasteiger charge is -2.18. The van der Waals surface area contributed by atoms with Crippen molar-refractivity contribution in [2.45, 2.75) is 0 Å². The molecule has 0 saturated heterocycles. The maximum absolute atomic E-state index is 12.6. The number of ether oxygens (including phenoxy) is 1. The molecule has 3 aromatic rings. The predicted octanol–water partition coefficient (Wildman–Crippen LogP) is 3.93. The smallest absolute Gasteiger partial charge is 0.323 e. The summed E-state index contributed by atoms with van der Waals surface area (Å²) in [5.74, 6) is -0.228. The number of urea groups is 1. The van der Waals surface area contributed by atoms with E-state index < -0.39 is 0 Å². The van der Waals surface area contributed by atoms with Gasteiger partial charge in [-0.15, -0.1) is 0 Å². The van der Waals surface area contributed by atoms with Gasteiger partial charge in [-0.2, -0.15) is 0 Å². The highest BCUT2D eigenvalue weighted by molar-refractivity contribution is 6.07. The number of hydrogen-bond acceptors (Lipinski definition) is 4. The summed E-state index contributed by atoms with van der Waals surface area (Å²) in [6.07, 6.45) is 0. The molecule has 0 aromatic heterocycles. The van der Waals surface area contributed by atoms with Crippen LogP contribution in [-0.4, -0.2) is 46.3 Å². The fourth-order valence-corrected chi connectivity index (χ4v) is 3.17. The van der Waals surface area contributed by atoms with Crippen LogP contribution >= 0.6 is 0 Å². The third-order valence-corrected chi connectivity index (χ3v) is 4.61. The molecule has 0 unspecified atom stereocenters. The van der Waals surface area contributed by atoms with Gasteiger partial charge in [0.15, 0.2) is 0 Å². The summed E-state index contributed by atoms with van der Waals surface area (Å²) in [5.41, 5.74) is 2.47. The molecule has 3 N–H and O–H groups in total. The Bertz CT molecular complexity index is 1040. The Kier molecular flexibility index (Phi) is 6.87. The number of benzene rings is 3. The number of nitrogens with zero attached hydrogens (tertiary/aromatic N) is 1. The topological polar surface area (TPSA) is 82.7 Å². The summed E-state index contributed by atoms with van der Waals surface area (Å²) in [7, 11) is 5.31. The van der Waals surface area contributed by atoms with Crippen molar-refractivity contribution in [3.8, 4) is 0 Å². The number of methoxy groups -OCH3 is 1. The summed E-state index contributed by atoms with van der Waals surface area (Å²) in [6, 6.07) is 18.4. The minimum atomic E-state index is -0.380. The number of anilines is 3. The third-order valence-electron chi connectivity index (χ3n) is 4.61. The van der Waals surface area contributed by atoms with Crippen LogP contribution in [-0.2, 0) is 4.74 Å². The Morgan fingerprint density at radius 1 is 0.967 bits per heavy atom. The zero-order valence-electron chi connectivity index (χ0n) is 17.4. The minimum Gasteiger partial charge on any atom is -0.383 e. The van der Waals surface area contributed by atoms with Crippen LogP contribution in [0.15, 0.2) is 60.7 Å². The normalized spacial score (nSPS) is 10.5. The SMILES string of the molecule is COCCNC(=O)c1cc(NC(=O)Nc2cccc3ccccc23)ccc1N(C)C. The molecule has 3 aromatic carbocycles. The molecule has 0 heterocycles. The van der Waals surface area contributed by atoms with Crippen LogP contribution < -0.4 is 20.9 Å². The van der Waals surface area contributed by atoms with Gasteiger partial charge in [0.05, 0.1) is 17.9 Å². The first-order chi connectivity index (χ1) is 14.5. The van der Waals surface area contributed by atoms with E-state index in [-0.39, 0.29) is 11.9 Å². The quantitative estimate of drug-likeness (QED) is 0.519. The van der Waals surface area contributed by atoms with Gasteiger partial charge in [-0.25, -0.2) is 4.79 Å². The van der Waals surface area contributed by atoms with Gasteiger partial charge < -0.3 is 25.6 Å². The van der Waals surface area contributed by atoms with Gasteiger partial charge in [0.25, 0.3) is 5.91 Å². The van der Waals surface area contributed by atoms with Crippen molar-refractivity contribution in [2.75, 3.05) is 49.9 Å². The standard InChI is InChI=1S/C23H26N4O3/c1-27(2)21-12-11-17(15-19(21)22(28)24-13-14-30-3)25-23(29)26-20-10-6-8-16-7-4-5-9-18(16)20/h4-12,15H,13-14H2,1-3H3,(H,24,28)(H2,25,26,29). The van der Waals surface area contributed by atoms with E-state index in [9.17, 15) is 9.59 Å². The van der Waals surface area contributed by atoms with Gasteiger partial charge in [-0.3, -0.25) is 4.79 Å². The molecule has 3 rings (SSSR count). The summed E-state index contributed by atoms with van der Waals surface area (Å²) >= 11 is 0. The molecule has 156 valence electrons. The van der Waals surface area contributed by atoms with E-state index in [1.807, 2.05) is 61.5 Å². The lowest BCUT2D eigenvalue weighted by Crippen LogP contribution is -2.29. The maximum Gasteiger partial charge on any atom is 0.323 e. The highest BCUT2D eigenvalue weighted by Crippen LogP contribution is 2.25. The van der Waals surface area contributed by atoms with Crippen LogP contribution in [0.2, 0.25) is 0 Å². The lowest BCUT2D eigenvalue weighted by molar-refractivity contribution is 0.0937. The van der Waals surface area contributed by atoms with Crippen molar-refractivity contribution in [3.05, 3.63) is 66.2 Å². The fraction of sp³-hybridized carbons (Fsp3) is 0.217. The van der Waals surface area contributed by atoms with Crippen molar-refractivity contribution in [1.82, 2.24) is 5.32 Å². The van der Waals surface area contributed by atoms with E-state index in [4.69, 9.17) is 4.74 Å². The molecule has 3 amide bonds. The zero-order chi connectivity index (χ0) is 21.5. The number of rotatable bonds is 7. The molecule has 30 heavy (non-hydrogen) atoms. The third kappa shape index (κ3) is 5.07. The predicted molar refractivity (Wildman–Crippen MR) is 122 cm³/mol. The molecular formula is C23H26N4O3. The molecule has 0 atom stereocenters. The summed E-state index contributed by atoms with van der Waals surface area (Å²) in [6.45, 7) is 0.829. The molecule has 0 fully saturated rings. The minimum absolute atomic E-state index is 0.228. The van der Waals surface area contributed by atoms with Gasteiger partial charge in [0.2, 0.25) is 0 Å². The summed E-state index contributed by atoms with van der Waals surface area (Å²) < 4.78 is 4.98. The molecule has 7 heteroatoms. The largest absolute Gasteiger partial charge is 0.383 e. The molecule has 0 aliphatic carbocycles. The number of carbonyl (C=O) groups excluding carboxylic acids is 2. The van der Waals surface area contributed by atoms with E-state index in [0.717, 1.165) is 16.5 Å². The first-order valence-corrected chi connectivity index (χ1v) is 9.64. The molecule has 0 bridgehead atoms. The highest BCUT2D eigenvalue weighted by Gasteiger charge is 2.15. The van der Waals surface area contributed by atoms with Crippen LogP contribution in [0.25, 0.3) is 10.8 Å². The molecule has 0 aliphatic rings. The van der Waals surface area contributed by atoms with Crippen LogP contribution in [0.4, 0.5) is 21.9 Å². The molecule has 0 spiro atoms. The summed E-state index contributed by atoms with van der Waals surface area (Å²) in [4.78, 5) is 27.0. The van der Waals surface area contributed by atoms with Crippen molar-refractivity contribution < 1.29 is 14.3 Å². The van der Waals surface area contributed by atoms with Gasteiger partial charge in [0.1, 0.15) is 0 Å². The molecule has 0 aliphatic heterocycles. The second-order valence-corrected chi connectivity index (χ2v) is 6.98. The van der Waals surface area contributed by atoms with Crippen molar-refractivity contribution in [2.24, 2.45) is 0 Å². The monoisotopic (exact) mass is 406 g/mol. The van der Waals surface area contributed by atoms with Crippen molar-refractivity contribution >= 4 is 39.8 Å². The van der Waals surface area contributed by atoms with Gasteiger partial charge in [-0.05, 0) is 29.7 Å². The Labute approximate surface area is 176 Å². The van der Waals surface area contributed by atoms with Crippen LogP contribution in [0.1, 0.15) is 10.4 Å². The molecule has 0 radical (unpaired) electrons. The average molecular weight is 406 g/mol. The van der Waals surface area contributed by atoms with Gasteiger partial charge in [-0.1, -0.05) is 36.4 Å². The first kappa shape index (κ1) is 21.1. The van der Waals surface area contributed by atoms with E-state index in [1.54, 1.807) is 25.3 Å². The van der Waals surface area contributed by atoms with E-state index in [1.165, 1.54) is 0 Å². The molecular weight excluding hydrogens is 380 g/mol. The van der Waals surface area contributed by atoms with E-state index >= 15 is 0 Å². The Morgan fingerprint density at radius 3 is 2.50 bits per heavy atom. The van der Waals surface area contributed by atoms with Crippen molar-refractivity contribution in [3.63, 3.8) is 0 Å². The number of fused-ring (bicyclic) bond motifs is 1. The van der Waals surface area contributed by atoms with Gasteiger partial charge in [0, 0.05) is 44.5 Å². The van der Waals surface area contributed by atoms with E-state index in [0.29, 0.717) is 30.1 Å².